The molecule has 0 spiro atoms. The zero-order valence-electron chi connectivity index (χ0n) is 24.5. The summed E-state index contributed by atoms with van der Waals surface area (Å²) in [5.74, 6) is 1.30. The van der Waals surface area contributed by atoms with Gasteiger partial charge in [-0.05, 0) is 46.9 Å². The number of ether oxygens (including phenoxy) is 4. The summed E-state index contributed by atoms with van der Waals surface area (Å²) in [6.45, 7) is 3.01. The summed E-state index contributed by atoms with van der Waals surface area (Å²) in [4.78, 5) is 0. The maximum Gasteiger partial charge on any atom is 0.180 e. The monoisotopic (exact) mass is 590 g/mol. The van der Waals surface area contributed by atoms with Gasteiger partial charge in [0.15, 0.2) is 17.7 Å². The van der Waals surface area contributed by atoms with Crippen LogP contribution in [0.4, 0.5) is 0 Å². The highest BCUT2D eigenvalue weighted by Crippen LogP contribution is 2.32. The summed E-state index contributed by atoms with van der Waals surface area (Å²) in [6, 6.07) is 22.4. The predicted octanol–water partition coefficient (Wildman–Crippen LogP) is 2.76. The molecule has 1 aliphatic rings. The molecule has 0 bridgehead atoms. The smallest absolute Gasteiger partial charge is 0.180 e. The van der Waals surface area contributed by atoms with Crippen LogP contribution >= 0.6 is 0 Å². The number of aromatic nitrogens is 3. The molecule has 2 heterocycles. The highest BCUT2D eigenvalue weighted by atomic mass is 16.6. The molecule has 0 radical (unpaired) electrons. The second-order valence-corrected chi connectivity index (χ2v) is 10.5. The summed E-state index contributed by atoms with van der Waals surface area (Å²) in [6.07, 6.45) is -3.56. The van der Waals surface area contributed by atoms with E-state index in [0.29, 0.717) is 36.9 Å². The van der Waals surface area contributed by atoms with E-state index in [1.54, 1.807) is 13.3 Å². The van der Waals surface area contributed by atoms with Gasteiger partial charge in [-0.2, -0.15) is 0 Å². The first kappa shape index (κ1) is 30.6. The fourth-order valence-corrected chi connectivity index (χ4v) is 5.29. The lowest BCUT2D eigenvalue weighted by Crippen LogP contribution is -2.57. The van der Waals surface area contributed by atoms with Crippen LogP contribution in [0.5, 0.6) is 11.5 Å². The zero-order chi connectivity index (χ0) is 30.3. The van der Waals surface area contributed by atoms with Crippen molar-refractivity contribution in [1.82, 2.24) is 20.3 Å². The second-order valence-electron chi connectivity index (χ2n) is 10.5. The molecule has 0 saturated carbocycles. The van der Waals surface area contributed by atoms with Crippen molar-refractivity contribution in [3.63, 3.8) is 0 Å². The molecule has 1 fully saturated rings. The van der Waals surface area contributed by atoms with Gasteiger partial charge in [-0.3, -0.25) is 0 Å². The van der Waals surface area contributed by atoms with E-state index in [1.807, 2.05) is 42.5 Å². The summed E-state index contributed by atoms with van der Waals surface area (Å²) in [5, 5.41) is 42.1. The van der Waals surface area contributed by atoms with Crippen molar-refractivity contribution >= 4 is 0 Å². The highest BCUT2D eigenvalue weighted by molar-refractivity contribution is 5.68. The van der Waals surface area contributed by atoms with Crippen LogP contribution in [0, 0.1) is 6.92 Å². The maximum atomic E-state index is 10.6. The Hall–Kier alpha value is -3.84. The molecule has 1 saturated heterocycles. The van der Waals surface area contributed by atoms with Crippen molar-refractivity contribution in [2.75, 3.05) is 20.8 Å². The molecule has 4 aromatic rings. The van der Waals surface area contributed by atoms with Crippen LogP contribution in [0.2, 0.25) is 0 Å². The molecule has 0 amide bonds. The predicted molar refractivity (Wildman–Crippen MR) is 158 cm³/mol. The SMILES string of the molecule is COc1ccc(CNCc2cn([C@@H]3O[C@H](CO)[C@@H](O)[C@H](OC)[C@H]3O)nn2)cc1OCc1cccc(-c2ccccc2)c1C. The van der Waals surface area contributed by atoms with Gasteiger partial charge in [-0.25, -0.2) is 4.68 Å². The molecular weight excluding hydrogens is 552 g/mol. The molecular formula is C32H38N4O7. The van der Waals surface area contributed by atoms with Gasteiger partial charge >= 0.3 is 0 Å². The number of methoxy groups -OCH3 is 2. The van der Waals surface area contributed by atoms with Gasteiger partial charge < -0.3 is 39.6 Å². The molecule has 5 rings (SSSR count). The number of nitrogens with zero attached hydrogens (tertiary/aromatic N) is 3. The van der Waals surface area contributed by atoms with Crippen molar-refractivity contribution < 1.29 is 34.3 Å². The third-order valence-corrected chi connectivity index (χ3v) is 7.71. The van der Waals surface area contributed by atoms with Crippen LogP contribution < -0.4 is 14.8 Å². The molecule has 4 N–H and O–H groups in total. The Kier molecular flexibility index (Phi) is 10.0. The number of benzene rings is 3. The van der Waals surface area contributed by atoms with Crippen LogP contribution in [0.25, 0.3) is 11.1 Å². The number of aliphatic hydroxyl groups is 3. The Morgan fingerprint density at radius 1 is 0.953 bits per heavy atom. The van der Waals surface area contributed by atoms with Gasteiger partial charge in [0.25, 0.3) is 0 Å². The Morgan fingerprint density at radius 3 is 2.51 bits per heavy atom. The third kappa shape index (κ3) is 6.88. The molecule has 228 valence electrons. The molecule has 0 aliphatic carbocycles. The number of nitrogens with one attached hydrogen (secondary N) is 1. The Balaban J connectivity index is 1.20. The van der Waals surface area contributed by atoms with Crippen LogP contribution in [0.3, 0.4) is 0 Å². The fraction of sp³-hybridized carbons (Fsp3) is 0.375. The van der Waals surface area contributed by atoms with Gasteiger partial charge in [0.05, 0.1) is 25.6 Å². The minimum absolute atomic E-state index is 0.399. The van der Waals surface area contributed by atoms with Crippen molar-refractivity contribution in [3.05, 3.63) is 95.3 Å². The molecule has 43 heavy (non-hydrogen) atoms. The molecule has 0 unspecified atom stereocenters. The van der Waals surface area contributed by atoms with E-state index in [1.165, 1.54) is 28.5 Å². The fourth-order valence-electron chi connectivity index (χ4n) is 5.29. The molecule has 11 heteroatoms. The molecule has 3 aromatic carbocycles. The first-order valence-corrected chi connectivity index (χ1v) is 14.1. The van der Waals surface area contributed by atoms with E-state index in [-0.39, 0.29) is 0 Å². The van der Waals surface area contributed by atoms with E-state index in [0.717, 1.165) is 11.1 Å². The van der Waals surface area contributed by atoms with Gasteiger partial charge in [0, 0.05) is 20.2 Å². The van der Waals surface area contributed by atoms with Crippen molar-refractivity contribution in [2.45, 2.75) is 57.3 Å². The van der Waals surface area contributed by atoms with Gasteiger partial charge in [-0.1, -0.05) is 59.8 Å². The first-order valence-electron chi connectivity index (χ1n) is 14.1. The topological polar surface area (TPSA) is 140 Å². The quantitative estimate of drug-likeness (QED) is 0.195. The Labute approximate surface area is 250 Å². The van der Waals surface area contributed by atoms with Gasteiger partial charge in [0.2, 0.25) is 0 Å². The molecule has 5 atom stereocenters. The number of hydrogen-bond donors (Lipinski definition) is 4. The third-order valence-electron chi connectivity index (χ3n) is 7.71. The van der Waals surface area contributed by atoms with Crippen LogP contribution in [-0.2, 0) is 29.2 Å². The summed E-state index contributed by atoms with van der Waals surface area (Å²) < 4.78 is 24.1. The minimum Gasteiger partial charge on any atom is -0.493 e. The Morgan fingerprint density at radius 2 is 1.77 bits per heavy atom. The summed E-state index contributed by atoms with van der Waals surface area (Å²) >= 11 is 0. The lowest BCUT2D eigenvalue weighted by Gasteiger charge is -2.41. The van der Waals surface area contributed by atoms with E-state index >= 15 is 0 Å². The number of rotatable bonds is 12. The highest BCUT2D eigenvalue weighted by Gasteiger charge is 2.45. The van der Waals surface area contributed by atoms with Crippen LogP contribution in [0.15, 0.2) is 72.9 Å². The average Bonchev–Trinajstić information content (AvgIpc) is 3.50. The van der Waals surface area contributed by atoms with Crippen molar-refractivity contribution in [1.29, 1.82) is 0 Å². The van der Waals surface area contributed by atoms with Crippen molar-refractivity contribution in [3.8, 4) is 22.6 Å². The lowest BCUT2D eigenvalue weighted by atomic mass is 9.97. The van der Waals surface area contributed by atoms with E-state index in [9.17, 15) is 15.3 Å². The maximum absolute atomic E-state index is 10.6. The van der Waals surface area contributed by atoms with Gasteiger partial charge in [-0.15, -0.1) is 5.10 Å². The normalized spacial score (nSPS) is 22.0. The number of hydrogen-bond acceptors (Lipinski definition) is 10. The molecule has 11 nitrogen and oxygen atoms in total. The largest absolute Gasteiger partial charge is 0.493 e. The summed E-state index contributed by atoms with van der Waals surface area (Å²) in [5.41, 5.74) is 6.23. The minimum atomic E-state index is -1.20. The van der Waals surface area contributed by atoms with E-state index in [2.05, 4.69) is 46.8 Å². The van der Waals surface area contributed by atoms with Crippen LogP contribution in [-0.4, -0.2) is 75.6 Å². The van der Waals surface area contributed by atoms with Crippen LogP contribution in [0.1, 0.15) is 28.6 Å². The standard InChI is InChI=1S/C32H38N4O7/c1-20-23(10-7-11-25(20)22-8-5-4-6-9-22)19-42-27-14-21(12-13-26(27)40-2)15-33-16-24-17-36(35-34-24)32-30(39)31(41-3)29(38)28(18-37)43-32/h4-14,17,28-33,37-39H,15-16,18-19H2,1-3H3/t28-,29-,30-,31+,32-/m1/s1. The van der Waals surface area contributed by atoms with E-state index < -0.39 is 37.3 Å². The van der Waals surface area contributed by atoms with Gasteiger partial charge in [0.1, 0.15) is 31.0 Å². The number of aliphatic hydroxyl groups excluding tert-OH is 3. The van der Waals surface area contributed by atoms with E-state index in [4.69, 9.17) is 18.9 Å². The lowest BCUT2D eigenvalue weighted by molar-refractivity contribution is -0.259. The molecule has 1 aliphatic heterocycles. The van der Waals surface area contributed by atoms with Crippen molar-refractivity contribution in [2.24, 2.45) is 0 Å². The Bertz CT molecular complexity index is 1480. The zero-order valence-corrected chi connectivity index (χ0v) is 24.5. The molecule has 1 aromatic heterocycles. The average molecular weight is 591 g/mol. The first-order chi connectivity index (χ1) is 20.9. The summed E-state index contributed by atoms with van der Waals surface area (Å²) in [7, 11) is 3.00. The second kappa shape index (κ2) is 14.1.